The Bertz CT molecular complexity index is 127. The van der Waals surface area contributed by atoms with E-state index in [2.05, 4.69) is 0 Å². The molecule has 9 heavy (non-hydrogen) atoms. The smallest absolute Gasteiger partial charge is 0.130 e. The lowest BCUT2D eigenvalue weighted by atomic mass is 10.1. The first kappa shape index (κ1) is 8.70. The van der Waals surface area contributed by atoms with Crippen LogP contribution in [0.3, 0.4) is 0 Å². The van der Waals surface area contributed by atoms with Gasteiger partial charge in [-0.15, -0.1) is 0 Å². The Kier molecular flexibility index (Phi) is 4.41. The molecular formula is C7H11ClO. The summed E-state index contributed by atoms with van der Waals surface area (Å²) in [6, 6.07) is 0. The van der Waals surface area contributed by atoms with Crippen LogP contribution in [-0.4, -0.2) is 5.78 Å². The average molecular weight is 147 g/mol. The fraction of sp³-hybridized carbons (Fsp3) is 0.571. The Balaban J connectivity index is 3.39. The number of rotatable bonds is 3. The summed E-state index contributed by atoms with van der Waals surface area (Å²) < 4.78 is 0. The molecule has 0 N–H and O–H groups in total. The van der Waals surface area contributed by atoms with Crippen molar-refractivity contribution in [1.29, 1.82) is 0 Å². The monoisotopic (exact) mass is 146 g/mol. The zero-order valence-electron chi connectivity index (χ0n) is 5.78. The molecule has 0 bridgehead atoms. The Labute approximate surface area is 60.7 Å². The maximum Gasteiger partial charge on any atom is 0.130 e. The number of halogens is 1. The normalized spacial score (nSPS) is 11.7. The SMILES string of the molecule is CC(=O)CCC(C)=CCl. The summed E-state index contributed by atoms with van der Waals surface area (Å²) in [4.78, 5) is 10.4. The van der Waals surface area contributed by atoms with Crippen LogP contribution in [0.25, 0.3) is 0 Å². The summed E-state index contributed by atoms with van der Waals surface area (Å²) >= 11 is 5.36. The maximum absolute atomic E-state index is 10.4. The van der Waals surface area contributed by atoms with E-state index in [1.165, 1.54) is 5.54 Å². The molecule has 0 saturated carbocycles. The van der Waals surface area contributed by atoms with Gasteiger partial charge in [-0.25, -0.2) is 0 Å². The minimum absolute atomic E-state index is 0.216. The molecule has 0 aromatic rings. The van der Waals surface area contributed by atoms with E-state index in [0.29, 0.717) is 6.42 Å². The van der Waals surface area contributed by atoms with Gasteiger partial charge in [0, 0.05) is 12.0 Å². The van der Waals surface area contributed by atoms with Gasteiger partial charge in [-0.1, -0.05) is 17.2 Å². The standard InChI is InChI=1S/C7H11ClO/c1-6(5-8)3-4-7(2)9/h5H,3-4H2,1-2H3. The van der Waals surface area contributed by atoms with Crippen LogP contribution < -0.4 is 0 Å². The Hall–Kier alpha value is -0.300. The predicted molar refractivity (Wildman–Crippen MR) is 39.5 cm³/mol. The van der Waals surface area contributed by atoms with Crippen molar-refractivity contribution in [2.75, 3.05) is 0 Å². The molecule has 2 heteroatoms. The van der Waals surface area contributed by atoms with E-state index >= 15 is 0 Å². The van der Waals surface area contributed by atoms with Crippen molar-refractivity contribution in [2.45, 2.75) is 26.7 Å². The Morgan fingerprint density at radius 2 is 2.00 bits per heavy atom. The highest BCUT2D eigenvalue weighted by molar-refractivity contribution is 6.25. The van der Waals surface area contributed by atoms with Crippen molar-refractivity contribution < 1.29 is 4.79 Å². The lowest BCUT2D eigenvalue weighted by molar-refractivity contribution is -0.116. The van der Waals surface area contributed by atoms with E-state index in [9.17, 15) is 4.79 Å². The highest BCUT2D eigenvalue weighted by Crippen LogP contribution is 2.04. The summed E-state index contributed by atoms with van der Waals surface area (Å²) in [6.07, 6.45) is 1.40. The largest absolute Gasteiger partial charge is 0.300 e. The minimum Gasteiger partial charge on any atom is -0.300 e. The molecule has 0 rings (SSSR count). The van der Waals surface area contributed by atoms with E-state index in [0.717, 1.165) is 12.0 Å². The van der Waals surface area contributed by atoms with Gasteiger partial charge in [-0.2, -0.15) is 0 Å². The number of ketones is 1. The van der Waals surface area contributed by atoms with E-state index in [4.69, 9.17) is 11.6 Å². The molecule has 0 saturated heterocycles. The number of hydrogen-bond donors (Lipinski definition) is 0. The highest BCUT2D eigenvalue weighted by Gasteiger charge is 1.92. The van der Waals surface area contributed by atoms with Crippen LogP contribution >= 0.6 is 11.6 Å². The molecule has 0 aliphatic rings. The molecule has 0 aliphatic carbocycles. The number of Topliss-reactive ketones (excluding diaryl/α,β-unsaturated/α-hetero) is 1. The zero-order chi connectivity index (χ0) is 7.28. The van der Waals surface area contributed by atoms with Crippen LogP contribution in [0.4, 0.5) is 0 Å². The predicted octanol–water partition coefficient (Wildman–Crippen LogP) is 2.50. The third-order valence-corrected chi connectivity index (χ3v) is 1.43. The molecule has 0 fully saturated rings. The van der Waals surface area contributed by atoms with E-state index in [-0.39, 0.29) is 5.78 Å². The molecule has 1 nitrogen and oxygen atoms in total. The molecule has 0 atom stereocenters. The minimum atomic E-state index is 0.216. The molecular weight excluding hydrogens is 136 g/mol. The molecule has 52 valence electrons. The molecule has 0 aromatic carbocycles. The van der Waals surface area contributed by atoms with E-state index < -0.39 is 0 Å². The second-order valence-corrected chi connectivity index (χ2v) is 2.38. The van der Waals surface area contributed by atoms with Gasteiger partial charge in [-0.05, 0) is 20.3 Å². The van der Waals surface area contributed by atoms with Gasteiger partial charge in [0.05, 0.1) is 0 Å². The lowest BCUT2D eigenvalue weighted by Crippen LogP contribution is -1.88. The average Bonchev–Trinajstić information content (AvgIpc) is 1.83. The van der Waals surface area contributed by atoms with Gasteiger partial charge < -0.3 is 4.79 Å². The zero-order valence-corrected chi connectivity index (χ0v) is 6.53. The van der Waals surface area contributed by atoms with Crippen LogP contribution in [0.2, 0.25) is 0 Å². The van der Waals surface area contributed by atoms with Gasteiger partial charge in [0.2, 0.25) is 0 Å². The van der Waals surface area contributed by atoms with Crippen molar-refractivity contribution >= 4 is 17.4 Å². The quantitative estimate of drug-likeness (QED) is 0.598. The summed E-state index contributed by atoms with van der Waals surface area (Å²) in [6.45, 7) is 3.50. The third-order valence-electron chi connectivity index (χ3n) is 1.06. The fourth-order valence-corrected chi connectivity index (χ4v) is 0.537. The number of allylic oxidation sites excluding steroid dienone is 1. The van der Waals surface area contributed by atoms with Crippen molar-refractivity contribution in [2.24, 2.45) is 0 Å². The van der Waals surface area contributed by atoms with Crippen LogP contribution in [-0.2, 0) is 4.79 Å². The van der Waals surface area contributed by atoms with E-state index in [1.54, 1.807) is 6.92 Å². The molecule has 0 amide bonds. The first-order valence-corrected chi connectivity index (χ1v) is 3.35. The molecule has 0 spiro atoms. The summed E-state index contributed by atoms with van der Waals surface area (Å²) in [5.41, 5.74) is 2.58. The Morgan fingerprint density at radius 1 is 1.44 bits per heavy atom. The van der Waals surface area contributed by atoms with Crippen LogP contribution in [0.1, 0.15) is 26.7 Å². The van der Waals surface area contributed by atoms with Crippen molar-refractivity contribution in [3.05, 3.63) is 11.1 Å². The van der Waals surface area contributed by atoms with E-state index in [1.807, 2.05) is 6.92 Å². The lowest BCUT2D eigenvalue weighted by Gasteiger charge is -1.93. The summed E-state index contributed by atoms with van der Waals surface area (Å²) in [5, 5.41) is 0. The van der Waals surface area contributed by atoms with Crippen LogP contribution in [0, 0.1) is 0 Å². The van der Waals surface area contributed by atoms with Crippen molar-refractivity contribution in [3.63, 3.8) is 0 Å². The van der Waals surface area contributed by atoms with Crippen LogP contribution in [0.5, 0.6) is 0 Å². The molecule has 0 radical (unpaired) electrons. The highest BCUT2D eigenvalue weighted by atomic mass is 35.5. The van der Waals surface area contributed by atoms with Crippen molar-refractivity contribution in [3.8, 4) is 0 Å². The molecule has 0 heterocycles. The fourth-order valence-electron chi connectivity index (χ4n) is 0.428. The molecule has 0 aliphatic heterocycles. The maximum atomic E-state index is 10.4. The first-order valence-electron chi connectivity index (χ1n) is 2.92. The number of carbonyl (C=O) groups is 1. The topological polar surface area (TPSA) is 17.1 Å². The first-order chi connectivity index (χ1) is 4.16. The second kappa shape index (κ2) is 4.57. The number of carbonyl (C=O) groups excluding carboxylic acids is 1. The summed E-state index contributed by atoms with van der Waals surface area (Å²) in [5.74, 6) is 0.216. The van der Waals surface area contributed by atoms with Crippen LogP contribution in [0.15, 0.2) is 11.1 Å². The second-order valence-electron chi connectivity index (χ2n) is 2.16. The number of hydrogen-bond acceptors (Lipinski definition) is 1. The summed E-state index contributed by atoms with van der Waals surface area (Å²) in [7, 11) is 0. The van der Waals surface area contributed by atoms with Gasteiger partial charge in [0.15, 0.2) is 0 Å². The Morgan fingerprint density at radius 3 is 2.33 bits per heavy atom. The van der Waals surface area contributed by atoms with Crippen molar-refractivity contribution in [1.82, 2.24) is 0 Å². The molecule has 0 aromatic heterocycles. The van der Waals surface area contributed by atoms with Gasteiger partial charge in [0.25, 0.3) is 0 Å². The third kappa shape index (κ3) is 5.57. The van der Waals surface area contributed by atoms with Gasteiger partial charge in [0.1, 0.15) is 5.78 Å². The van der Waals surface area contributed by atoms with Gasteiger partial charge >= 0.3 is 0 Å². The molecule has 0 unspecified atom stereocenters. The van der Waals surface area contributed by atoms with Gasteiger partial charge in [-0.3, -0.25) is 0 Å².